The number of hydrogen-bond donors (Lipinski definition) is 1. The minimum Gasteiger partial charge on any atom is -0.356 e. The zero-order chi connectivity index (χ0) is 13.7. The Kier molecular flexibility index (Phi) is 5.86. The number of Topliss-reactive ketones (excluding diaryl/α,β-unsaturated/α-hetero) is 1. The minimum atomic E-state index is -0.000494. The van der Waals surface area contributed by atoms with Crippen LogP contribution in [0.4, 0.5) is 0 Å². The molecule has 0 unspecified atom stereocenters. The van der Waals surface area contributed by atoms with Crippen LogP contribution in [0.5, 0.6) is 0 Å². The van der Waals surface area contributed by atoms with Crippen LogP contribution in [-0.4, -0.2) is 18.2 Å². The fourth-order valence-corrected chi connectivity index (χ4v) is 1.57. The molecule has 3 heteroatoms. The highest BCUT2D eigenvalue weighted by molar-refractivity contribution is 5.81. The van der Waals surface area contributed by atoms with Crippen LogP contribution in [-0.2, 0) is 9.59 Å². The van der Waals surface area contributed by atoms with Gasteiger partial charge in [0.05, 0.1) is 0 Å². The van der Waals surface area contributed by atoms with E-state index in [4.69, 9.17) is 0 Å². The van der Waals surface area contributed by atoms with E-state index in [2.05, 4.69) is 5.32 Å². The molecule has 0 aliphatic rings. The first kappa shape index (κ1) is 16.1. The van der Waals surface area contributed by atoms with Crippen molar-refractivity contribution < 1.29 is 9.59 Å². The fourth-order valence-electron chi connectivity index (χ4n) is 1.57. The van der Waals surface area contributed by atoms with Crippen LogP contribution >= 0.6 is 0 Å². The summed E-state index contributed by atoms with van der Waals surface area (Å²) >= 11 is 0. The van der Waals surface area contributed by atoms with Crippen molar-refractivity contribution in [2.75, 3.05) is 6.54 Å². The third kappa shape index (κ3) is 11.4. The lowest BCUT2D eigenvalue weighted by Crippen LogP contribution is -2.29. The van der Waals surface area contributed by atoms with Gasteiger partial charge < -0.3 is 5.32 Å². The molecular weight excluding hydrogens is 214 g/mol. The Morgan fingerprint density at radius 3 is 1.76 bits per heavy atom. The van der Waals surface area contributed by atoms with E-state index in [1.54, 1.807) is 0 Å². The molecule has 0 aromatic carbocycles. The molecule has 0 radical (unpaired) electrons. The molecule has 17 heavy (non-hydrogen) atoms. The molecule has 3 nitrogen and oxygen atoms in total. The van der Waals surface area contributed by atoms with Gasteiger partial charge in [0.15, 0.2) is 0 Å². The van der Waals surface area contributed by atoms with E-state index in [1.807, 2.05) is 41.5 Å². The van der Waals surface area contributed by atoms with Crippen molar-refractivity contribution in [3.63, 3.8) is 0 Å². The minimum absolute atomic E-state index is 0.000494. The normalized spacial score (nSPS) is 12.4. The van der Waals surface area contributed by atoms with Gasteiger partial charge in [-0.1, -0.05) is 41.5 Å². The quantitative estimate of drug-likeness (QED) is 0.804. The Bertz CT molecular complexity index is 241. The molecule has 1 amide bonds. The number of amides is 1. The maximum absolute atomic E-state index is 11.6. The molecular formula is C14H27NO2. The molecule has 0 atom stereocenters. The first-order chi connectivity index (χ1) is 7.49. The largest absolute Gasteiger partial charge is 0.356 e. The summed E-state index contributed by atoms with van der Waals surface area (Å²) in [5.41, 5.74) is 0.0337. The van der Waals surface area contributed by atoms with Crippen molar-refractivity contribution in [2.24, 2.45) is 10.8 Å². The number of carbonyl (C=O) groups is 2. The van der Waals surface area contributed by atoms with E-state index >= 15 is 0 Å². The summed E-state index contributed by atoms with van der Waals surface area (Å²) in [7, 11) is 0. The maximum atomic E-state index is 11.6. The van der Waals surface area contributed by atoms with E-state index in [9.17, 15) is 9.59 Å². The predicted molar refractivity (Wildman–Crippen MR) is 70.8 cm³/mol. The Balaban J connectivity index is 3.78. The third-order valence-corrected chi connectivity index (χ3v) is 2.14. The molecule has 0 spiro atoms. The van der Waals surface area contributed by atoms with Crippen molar-refractivity contribution in [1.82, 2.24) is 5.32 Å². The zero-order valence-electron chi connectivity index (χ0n) is 12.1. The van der Waals surface area contributed by atoms with Gasteiger partial charge in [0.2, 0.25) is 5.91 Å². The second-order valence-electron chi connectivity index (χ2n) is 7.11. The van der Waals surface area contributed by atoms with E-state index in [0.29, 0.717) is 25.8 Å². The highest BCUT2D eigenvalue weighted by Gasteiger charge is 2.17. The van der Waals surface area contributed by atoms with Gasteiger partial charge in [0.1, 0.15) is 5.78 Å². The van der Waals surface area contributed by atoms with E-state index < -0.39 is 0 Å². The molecule has 0 aromatic rings. The monoisotopic (exact) mass is 241 g/mol. The highest BCUT2D eigenvalue weighted by atomic mass is 16.1. The summed E-state index contributed by atoms with van der Waals surface area (Å²) in [6.07, 6.45) is 1.51. The molecule has 0 heterocycles. The molecule has 0 saturated heterocycles. The fraction of sp³-hybridized carbons (Fsp3) is 0.857. The zero-order valence-corrected chi connectivity index (χ0v) is 12.1. The number of ketones is 1. The SMILES string of the molecule is CC(C)(C)CC(=O)CCNC(=O)CC(C)(C)C. The van der Waals surface area contributed by atoms with Crippen LogP contribution in [0.2, 0.25) is 0 Å². The molecule has 100 valence electrons. The lowest BCUT2D eigenvalue weighted by atomic mass is 9.89. The number of rotatable bonds is 5. The Morgan fingerprint density at radius 2 is 1.35 bits per heavy atom. The van der Waals surface area contributed by atoms with Crippen molar-refractivity contribution in [3.05, 3.63) is 0 Å². The van der Waals surface area contributed by atoms with Gasteiger partial charge in [-0.05, 0) is 10.8 Å². The predicted octanol–water partition coefficient (Wildman–Crippen LogP) is 2.93. The molecule has 0 aliphatic heterocycles. The van der Waals surface area contributed by atoms with Crippen LogP contribution < -0.4 is 5.32 Å². The van der Waals surface area contributed by atoms with Crippen LogP contribution in [0.15, 0.2) is 0 Å². The maximum Gasteiger partial charge on any atom is 0.220 e. The Morgan fingerprint density at radius 1 is 0.882 bits per heavy atom. The molecule has 0 bridgehead atoms. The summed E-state index contributed by atoms with van der Waals surface area (Å²) in [4.78, 5) is 23.1. The Hall–Kier alpha value is -0.860. The van der Waals surface area contributed by atoms with Crippen LogP contribution in [0, 0.1) is 10.8 Å². The van der Waals surface area contributed by atoms with E-state index in [-0.39, 0.29) is 22.5 Å². The molecule has 0 fully saturated rings. The molecule has 1 N–H and O–H groups in total. The van der Waals surface area contributed by atoms with Gasteiger partial charge >= 0.3 is 0 Å². The topological polar surface area (TPSA) is 46.2 Å². The lowest BCUT2D eigenvalue weighted by Gasteiger charge is -2.18. The second-order valence-corrected chi connectivity index (χ2v) is 7.11. The summed E-state index contributed by atoms with van der Waals surface area (Å²) in [6.45, 7) is 12.7. The second kappa shape index (κ2) is 6.18. The average molecular weight is 241 g/mol. The third-order valence-electron chi connectivity index (χ3n) is 2.14. The van der Waals surface area contributed by atoms with Gasteiger partial charge in [0, 0.05) is 25.8 Å². The highest BCUT2D eigenvalue weighted by Crippen LogP contribution is 2.19. The van der Waals surface area contributed by atoms with Crippen molar-refractivity contribution in [1.29, 1.82) is 0 Å². The summed E-state index contributed by atoms with van der Waals surface area (Å²) in [5, 5.41) is 2.80. The number of carbonyl (C=O) groups excluding carboxylic acids is 2. The first-order valence-electron chi connectivity index (χ1n) is 6.28. The lowest BCUT2D eigenvalue weighted by molar-refractivity contribution is -0.123. The molecule has 0 aromatic heterocycles. The van der Waals surface area contributed by atoms with Crippen molar-refractivity contribution >= 4 is 11.7 Å². The van der Waals surface area contributed by atoms with Gasteiger partial charge in [-0.25, -0.2) is 0 Å². The smallest absolute Gasteiger partial charge is 0.220 e. The molecule has 0 rings (SSSR count). The first-order valence-corrected chi connectivity index (χ1v) is 6.28. The van der Waals surface area contributed by atoms with Gasteiger partial charge in [-0.3, -0.25) is 9.59 Å². The van der Waals surface area contributed by atoms with Crippen molar-refractivity contribution in [3.8, 4) is 0 Å². The van der Waals surface area contributed by atoms with Crippen LogP contribution in [0.3, 0.4) is 0 Å². The van der Waals surface area contributed by atoms with Gasteiger partial charge in [0.25, 0.3) is 0 Å². The molecule has 0 aliphatic carbocycles. The van der Waals surface area contributed by atoms with E-state index in [0.717, 1.165) is 0 Å². The number of hydrogen-bond acceptors (Lipinski definition) is 2. The Labute approximate surface area is 105 Å². The van der Waals surface area contributed by atoms with Crippen LogP contribution in [0.25, 0.3) is 0 Å². The van der Waals surface area contributed by atoms with Gasteiger partial charge in [-0.15, -0.1) is 0 Å². The average Bonchev–Trinajstić information content (AvgIpc) is 1.95. The van der Waals surface area contributed by atoms with E-state index in [1.165, 1.54) is 0 Å². The standard InChI is InChI=1S/C14H27NO2/c1-13(2,3)9-11(16)7-8-15-12(17)10-14(4,5)6/h7-10H2,1-6H3,(H,15,17). The summed E-state index contributed by atoms with van der Waals surface area (Å²) in [5.74, 6) is 0.245. The van der Waals surface area contributed by atoms with Crippen LogP contribution in [0.1, 0.15) is 60.8 Å². The number of nitrogens with one attached hydrogen (secondary N) is 1. The van der Waals surface area contributed by atoms with Crippen molar-refractivity contribution in [2.45, 2.75) is 60.8 Å². The summed E-state index contributed by atoms with van der Waals surface area (Å²) in [6, 6.07) is 0. The van der Waals surface area contributed by atoms with Gasteiger partial charge in [-0.2, -0.15) is 0 Å². The molecule has 0 saturated carbocycles. The summed E-state index contributed by atoms with van der Waals surface area (Å²) < 4.78 is 0.